The number of aliphatic imine (C=N–C) groups is 1. The molecule has 2 N–H and O–H groups in total. The molecule has 4 heteroatoms. The molecule has 0 bridgehead atoms. The van der Waals surface area contributed by atoms with Gasteiger partial charge in [0.25, 0.3) is 0 Å². The molecule has 152 valence electrons. The van der Waals surface area contributed by atoms with Crippen molar-refractivity contribution in [2.75, 3.05) is 6.54 Å². The van der Waals surface area contributed by atoms with E-state index >= 15 is 0 Å². The van der Waals surface area contributed by atoms with Crippen LogP contribution in [-0.4, -0.2) is 23.9 Å². The number of hydrogen-bond donors (Lipinski definition) is 1. The van der Waals surface area contributed by atoms with Gasteiger partial charge in [0, 0.05) is 17.5 Å². The summed E-state index contributed by atoms with van der Waals surface area (Å²) in [6.45, 7) is 9.87. The lowest BCUT2D eigenvalue weighted by Gasteiger charge is -2.10. The van der Waals surface area contributed by atoms with E-state index in [0.29, 0.717) is 6.42 Å². The molecule has 0 aromatic heterocycles. The van der Waals surface area contributed by atoms with Gasteiger partial charge in [-0.25, -0.2) is 0 Å². The van der Waals surface area contributed by atoms with Crippen LogP contribution in [0.5, 0.6) is 0 Å². The fourth-order valence-electron chi connectivity index (χ4n) is 2.31. The van der Waals surface area contributed by atoms with Gasteiger partial charge in [-0.1, -0.05) is 81.8 Å². The van der Waals surface area contributed by atoms with Crippen LogP contribution in [0.25, 0.3) is 0 Å². The van der Waals surface area contributed by atoms with E-state index in [-0.39, 0.29) is 18.2 Å². The molecule has 2 aromatic carbocycles. The molecular weight excluding hydrogens is 348 g/mol. The first kappa shape index (κ1) is 25.2. The lowest BCUT2D eigenvalue weighted by molar-refractivity contribution is -0.118. The van der Waals surface area contributed by atoms with Gasteiger partial charge in [0.1, 0.15) is 0 Å². The Balaban J connectivity index is 0.000000688. The van der Waals surface area contributed by atoms with Crippen LogP contribution < -0.4 is 5.73 Å². The molecule has 4 nitrogen and oxygen atoms in total. The Morgan fingerprint density at radius 3 is 2.00 bits per heavy atom. The monoisotopic (exact) mass is 382 g/mol. The van der Waals surface area contributed by atoms with E-state index in [2.05, 4.69) is 18.0 Å². The topological polar surface area (TPSA) is 72.5 Å². The fourth-order valence-corrected chi connectivity index (χ4v) is 2.31. The summed E-state index contributed by atoms with van der Waals surface area (Å²) in [7, 11) is 0. The molecular formula is C24H34N2O2. The number of nitrogens with two attached hydrogens (primary N) is 1. The number of primary amides is 1. The Morgan fingerprint density at radius 2 is 1.54 bits per heavy atom. The van der Waals surface area contributed by atoms with E-state index in [1.165, 1.54) is 0 Å². The molecule has 0 aliphatic rings. The molecule has 2 rings (SSSR count). The molecule has 0 aliphatic carbocycles. The number of carbonyl (C=O) groups excluding carboxylic acids is 2. The summed E-state index contributed by atoms with van der Waals surface area (Å²) in [5.74, 6) is -0.121. The highest BCUT2D eigenvalue weighted by Gasteiger charge is 2.09. The Morgan fingerprint density at radius 1 is 0.964 bits per heavy atom. The predicted octanol–water partition coefficient (Wildman–Crippen LogP) is 5.11. The van der Waals surface area contributed by atoms with Crippen LogP contribution in [0, 0.1) is 6.92 Å². The van der Waals surface area contributed by atoms with E-state index in [4.69, 9.17) is 5.73 Å². The summed E-state index contributed by atoms with van der Waals surface area (Å²) in [5, 5.41) is 0. The number of Topliss-reactive ketones (excluding diaryl/α,β-unsaturated/α-hetero) is 1. The molecule has 0 atom stereocenters. The molecule has 0 aliphatic heterocycles. The summed E-state index contributed by atoms with van der Waals surface area (Å²) in [5.41, 5.74) is 9.00. The van der Waals surface area contributed by atoms with Crippen molar-refractivity contribution in [3.63, 3.8) is 0 Å². The molecule has 0 spiro atoms. The van der Waals surface area contributed by atoms with E-state index < -0.39 is 0 Å². The lowest BCUT2D eigenvalue weighted by Crippen LogP contribution is -2.09. The maximum Gasteiger partial charge on any atom is 0.217 e. The van der Waals surface area contributed by atoms with Crippen LogP contribution in [0.15, 0.2) is 59.6 Å². The average molecular weight is 383 g/mol. The highest BCUT2D eigenvalue weighted by atomic mass is 16.1. The van der Waals surface area contributed by atoms with Crippen LogP contribution >= 0.6 is 0 Å². The van der Waals surface area contributed by atoms with E-state index in [1.54, 1.807) is 6.92 Å². The standard InChI is InChI=1S/C17H17NO.C5H11NO.C2H6/c1-13-8-6-7-11-16(13)17(18-12-14(2)19)15-9-4-3-5-10-15;1-2-3-4-5(6)7;1-2/h3-11H,12H2,1-2H3;2-4H2,1H3,(H2,6,7);1-2H3. The first-order valence-electron chi connectivity index (χ1n) is 9.89. The molecule has 0 radical (unpaired) electrons. The van der Waals surface area contributed by atoms with Gasteiger partial charge in [0.15, 0.2) is 5.78 Å². The van der Waals surface area contributed by atoms with Crippen molar-refractivity contribution in [3.8, 4) is 0 Å². The number of ketones is 1. The zero-order valence-electron chi connectivity index (χ0n) is 17.9. The number of aryl methyl sites for hydroxylation is 1. The fraction of sp³-hybridized carbons (Fsp3) is 0.375. The third kappa shape index (κ3) is 10.4. The van der Waals surface area contributed by atoms with Gasteiger partial charge in [-0.3, -0.25) is 14.6 Å². The SMILES string of the molecule is CC.CC(=O)CN=C(c1ccccc1)c1ccccc1C.CCCCC(N)=O. The van der Waals surface area contributed by atoms with Crippen LogP contribution in [0.3, 0.4) is 0 Å². The molecule has 0 fully saturated rings. The highest BCUT2D eigenvalue weighted by molar-refractivity contribution is 6.14. The molecule has 28 heavy (non-hydrogen) atoms. The maximum atomic E-state index is 11.2. The molecule has 2 aromatic rings. The average Bonchev–Trinajstić information content (AvgIpc) is 2.70. The van der Waals surface area contributed by atoms with Gasteiger partial charge in [-0.15, -0.1) is 0 Å². The van der Waals surface area contributed by atoms with Crippen molar-refractivity contribution < 1.29 is 9.59 Å². The third-order valence-electron chi connectivity index (χ3n) is 3.68. The predicted molar refractivity (Wildman–Crippen MR) is 119 cm³/mol. The second kappa shape index (κ2) is 15.3. The number of unbranched alkanes of at least 4 members (excludes halogenated alkanes) is 1. The van der Waals surface area contributed by atoms with Gasteiger partial charge in [-0.05, 0) is 25.8 Å². The maximum absolute atomic E-state index is 11.2. The first-order chi connectivity index (χ1) is 13.5. The Labute approximate surface area is 169 Å². The Kier molecular flexibility index (Phi) is 13.8. The lowest BCUT2D eigenvalue weighted by atomic mass is 9.98. The summed E-state index contributed by atoms with van der Waals surface area (Å²) in [4.78, 5) is 25.7. The molecule has 0 unspecified atom stereocenters. The second-order valence-corrected chi connectivity index (χ2v) is 6.12. The minimum atomic E-state index is -0.193. The van der Waals surface area contributed by atoms with Crippen LogP contribution in [-0.2, 0) is 9.59 Å². The van der Waals surface area contributed by atoms with Gasteiger partial charge in [0.05, 0.1) is 12.3 Å². The zero-order valence-corrected chi connectivity index (χ0v) is 17.9. The van der Waals surface area contributed by atoms with Gasteiger partial charge >= 0.3 is 0 Å². The number of benzene rings is 2. The quantitative estimate of drug-likeness (QED) is 0.676. The first-order valence-corrected chi connectivity index (χ1v) is 9.89. The van der Waals surface area contributed by atoms with Gasteiger partial charge in [0.2, 0.25) is 5.91 Å². The van der Waals surface area contributed by atoms with Crippen LogP contribution in [0.2, 0.25) is 0 Å². The zero-order chi connectivity index (χ0) is 21.4. The Hall–Kier alpha value is -2.75. The highest BCUT2D eigenvalue weighted by Crippen LogP contribution is 2.15. The summed E-state index contributed by atoms with van der Waals surface area (Å²) in [6, 6.07) is 18.1. The van der Waals surface area contributed by atoms with Crippen molar-refractivity contribution in [2.24, 2.45) is 10.7 Å². The van der Waals surface area contributed by atoms with Crippen LogP contribution in [0.1, 0.15) is 63.6 Å². The van der Waals surface area contributed by atoms with Crippen molar-refractivity contribution in [2.45, 2.75) is 53.9 Å². The summed E-state index contributed by atoms with van der Waals surface area (Å²) < 4.78 is 0. The molecule has 0 saturated carbocycles. The summed E-state index contributed by atoms with van der Waals surface area (Å²) in [6.07, 6.45) is 2.51. The van der Waals surface area contributed by atoms with Crippen LogP contribution in [0.4, 0.5) is 0 Å². The van der Waals surface area contributed by atoms with E-state index in [0.717, 1.165) is 35.2 Å². The minimum absolute atomic E-state index is 0.0713. The third-order valence-corrected chi connectivity index (χ3v) is 3.68. The molecule has 1 amide bonds. The molecule has 0 heterocycles. The van der Waals surface area contributed by atoms with Gasteiger partial charge < -0.3 is 5.73 Å². The largest absolute Gasteiger partial charge is 0.370 e. The molecule has 0 saturated heterocycles. The van der Waals surface area contributed by atoms with E-state index in [1.807, 2.05) is 69.3 Å². The number of hydrogen-bond acceptors (Lipinski definition) is 3. The normalized spacial score (nSPS) is 10.1. The van der Waals surface area contributed by atoms with Crippen molar-refractivity contribution in [3.05, 3.63) is 71.3 Å². The number of rotatable bonds is 7. The minimum Gasteiger partial charge on any atom is -0.370 e. The van der Waals surface area contributed by atoms with Gasteiger partial charge in [-0.2, -0.15) is 0 Å². The Bertz CT molecular complexity index is 737. The van der Waals surface area contributed by atoms with Crippen molar-refractivity contribution >= 4 is 17.4 Å². The smallest absolute Gasteiger partial charge is 0.217 e. The van der Waals surface area contributed by atoms with Crippen molar-refractivity contribution in [1.29, 1.82) is 0 Å². The number of amides is 1. The number of nitrogens with zero attached hydrogens (tertiary/aromatic N) is 1. The summed E-state index contributed by atoms with van der Waals surface area (Å²) >= 11 is 0. The number of carbonyl (C=O) groups is 2. The van der Waals surface area contributed by atoms with E-state index in [9.17, 15) is 9.59 Å². The van der Waals surface area contributed by atoms with Crippen molar-refractivity contribution in [1.82, 2.24) is 0 Å². The second-order valence-electron chi connectivity index (χ2n) is 6.12.